The Labute approximate surface area is 82.7 Å². The number of alkyl halides is 3. The maximum absolute atomic E-state index is 11.9. The van der Waals surface area contributed by atoms with Gasteiger partial charge >= 0.3 is 12.1 Å². The van der Waals surface area contributed by atoms with Crippen molar-refractivity contribution in [2.75, 3.05) is 6.61 Å². The van der Waals surface area contributed by atoms with E-state index in [1.54, 1.807) is 6.92 Å². The molecule has 0 spiro atoms. The summed E-state index contributed by atoms with van der Waals surface area (Å²) in [6.07, 6.45) is -7.56. The third kappa shape index (κ3) is 4.75. The summed E-state index contributed by atoms with van der Waals surface area (Å²) in [6, 6.07) is 0. The van der Waals surface area contributed by atoms with Crippen LogP contribution in [0, 0.1) is 0 Å². The van der Waals surface area contributed by atoms with Crippen LogP contribution in [0.2, 0.25) is 0 Å². The van der Waals surface area contributed by atoms with Crippen LogP contribution in [0.5, 0.6) is 0 Å². The summed E-state index contributed by atoms with van der Waals surface area (Å²) in [6.45, 7) is 1.41. The van der Waals surface area contributed by atoms with Crippen LogP contribution in [0.4, 0.5) is 22.0 Å². The monoisotopic (exact) mass is 232 g/mol. The van der Waals surface area contributed by atoms with Crippen LogP contribution < -0.4 is 0 Å². The van der Waals surface area contributed by atoms with Gasteiger partial charge in [-0.15, -0.1) is 0 Å². The number of carbonyl (C=O) groups is 1. The van der Waals surface area contributed by atoms with Crippen LogP contribution in [0.3, 0.4) is 0 Å². The van der Waals surface area contributed by atoms with Gasteiger partial charge in [0.1, 0.15) is 0 Å². The molecule has 0 amide bonds. The van der Waals surface area contributed by atoms with Crippen LogP contribution in [-0.4, -0.2) is 18.8 Å². The second-order valence-corrected chi connectivity index (χ2v) is 2.62. The van der Waals surface area contributed by atoms with Crippen molar-refractivity contribution in [3.63, 3.8) is 0 Å². The first-order valence-corrected chi connectivity index (χ1v) is 4.10. The second-order valence-electron chi connectivity index (χ2n) is 2.62. The summed E-state index contributed by atoms with van der Waals surface area (Å²) in [5.74, 6) is -2.03. The van der Waals surface area contributed by atoms with Crippen LogP contribution in [-0.2, 0) is 9.53 Å². The van der Waals surface area contributed by atoms with E-state index in [2.05, 4.69) is 4.74 Å². The number of hydrogen-bond donors (Lipinski definition) is 0. The Kier molecular flexibility index (Phi) is 5.24. The van der Waals surface area contributed by atoms with Gasteiger partial charge in [0.15, 0.2) is 0 Å². The van der Waals surface area contributed by atoms with Gasteiger partial charge < -0.3 is 4.74 Å². The fraction of sp³-hybridized carbons (Fsp3) is 0.625. The summed E-state index contributed by atoms with van der Waals surface area (Å²) >= 11 is 0. The van der Waals surface area contributed by atoms with Crippen molar-refractivity contribution in [1.29, 1.82) is 0 Å². The van der Waals surface area contributed by atoms with E-state index in [-0.39, 0.29) is 6.61 Å². The van der Waals surface area contributed by atoms with Gasteiger partial charge in [0.25, 0.3) is 6.08 Å². The summed E-state index contributed by atoms with van der Waals surface area (Å²) < 4.78 is 63.3. The highest BCUT2D eigenvalue weighted by molar-refractivity contribution is 5.90. The average molecular weight is 232 g/mol. The molecule has 0 atom stereocenters. The smallest absolute Gasteiger partial charge is 0.428 e. The van der Waals surface area contributed by atoms with Gasteiger partial charge in [0.05, 0.1) is 6.61 Å². The summed E-state index contributed by atoms with van der Waals surface area (Å²) in [7, 11) is 0. The molecular weight excluding hydrogens is 223 g/mol. The van der Waals surface area contributed by atoms with Crippen LogP contribution in [0.1, 0.15) is 19.8 Å². The van der Waals surface area contributed by atoms with Crippen molar-refractivity contribution in [3.8, 4) is 0 Å². The molecule has 0 N–H and O–H groups in total. The van der Waals surface area contributed by atoms with E-state index in [0.29, 0.717) is 12.8 Å². The lowest BCUT2D eigenvalue weighted by Gasteiger charge is -2.09. The first-order chi connectivity index (χ1) is 6.80. The molecule has 0 saturated carbocycles. The number of unbranched alkanes of at least 4 members (excludes halogenated alkanes) is 1. The van der Waals surface area contributed by atoms with Crippen molar-refractivity contribution in [2.24, 2.45) is 0 Å². The van der Waals surface area contributed by atoms with Gasteiger partial charge in [0.2, 0.25) is 5.57 Å². The van der Waals surface area contributed by atoms with Gasteiger partial charge in [-0.3, -0.25) is 0 Å². The van der Waals surface area contributed by atoms with Gasteiger partial charge in [-0.1, -0.05) is 13.3 Å². The molecule has 0 aliphatic rings. The minimum Gasteiger partial charge on any atom is -0.462 e. The number of carbonyl (C=O) groups excluding carboxylic acids is 1. The molecule has 0 saturated heterocycles. The molecule has 88 valence electrons. The van der Waals surface area contributed by atoms with Crippen molar-refractivity contribution in [1.82, 2.24) is 0 Å². The molecule has 0 radical (unpaired) electrons. The lowest BCUT2D eigenvalue weighted by atomic mass is 10.3. The van der Waals surface area contributed by atoms with Crippen LogP contribution in [0.25, 0.3) is 0 Å². The number of esters is 1. The molecule has 0 fully saturated rings. The fourth-order valence-corrected chi connectivity index (χ4v) is 0.681. The van der Waals surface area contributed by atoms with Gasteiger partial charge in [-0.2, -0.15) is 22.0 Å². The summed E-state index contributed by atoms with van der Waals surface area (Å²) in [4.78, 5) is 10.6. The van der Waals surface area contributed by atoms with E-state index >= 15 is 0 Å². The topological polar surface area (TPSA) is 26.3 Å². The molecule has 0 unspecified atom stereocenters. The van der Waals surface area contributed by atoms with Crippen LogP contribution in [0.15, 0.2) is 11.7 Å². The van der Waals surface area contributed by atoms with E-state index in [1.807, 2.05) is 0 Å². The minimum atomic E-state index is -5.39. The third-order valence-electron chi connectivity index (χ3n) is 1.41. The average Bonchev–Trinajstić information content (AvgIpc) is 2.00. The molecule has 0 aromatic rings. The first-order valence-electron chi connectivity index (χ1n) is 4.10. The fourth-order valence-electron chi connectivity index (χ4n) is 0.681. The van der Waals surface area contributed by atoms with Gasteiger partial charge in [0, 0.05) is 0 Å². The van der Waals surface area contributed by atoms with Crippen molar-refractivity contribution < 1.29 is 31.5 Å². The standard InChI is InChI=1S/C8H9F5O2/c1-2-3-4-15-7(14)5(6(9)10)8(11,12)13/h2-4H2,1H3. The first kappa shape index (κ1) is 13.9. The zero-order chi connectivity index (χ0) is 12.1. The number of halogens is 5. The largest absolute Gasteiger partial charge is 0.462 e. The summed E-state index contributed by atoms with van der Waals surface area (Å²) in [5.41, 5.74) is -2.53. The second kappa shape index (κ2) is 5.67. The Morgan fingerprint density at radius 3 is 2.13 bits per heavy atom. The molecular formula is C8H9F5O2. The van der Waals surface area contributed by atoms with E-state index in [9.17, 15) is 26.7 Å². The van der Waals surface area contributed by atoms with Crippen molar-refractivity contribution in [2.45, 2.75) is 25.9 Å². The quantitative estimate of drug-likeness (QED) is 0.322. The molecule has 0 aliphatic heterocycles. The molecule has 0 aromatic heterocycles. The van der Waals surface area contributed by atoms with Crippen molar-refractivity contribution in [3.05, 3.63) is 11.7 Å². The SMILES string of the molecule is CCCCOC(=O)C(=C(F)F)C(F)(F)F. The Morgan fingerprint density at radius 2 is 1.80 bits per heavy atom. The third-order valence-corrected chi connectivity index (χ3v) is 1.41. The van der Waals surface area contributed by atoms with E-state index in [4.69, 9.17) is 0 Å². The number of rotatable bonds is 4. The van der Waals surface area contributed by atoms with Gasteiger partial charge in [-0.05, 0) is 6.42 Å². The Balaban J connectivity index is 4.55. The Morgan fingerprint density at radius 1 is 1.27 bits per heavy atom. The maximum atomic E-state index is 11.9. The lowest BCUT2D eigenvalue weighted by Crippen LogP contribution is -2.23. The van der Waals surface area contributed by atoms with Crippen LogP contribution >= 0.6 is 0 Å². The molecule has 2 nitrogen and oxygen atoms in total. The molecule has 7 heteroatoms. The van der Waals surface area contributed by atoms with Gasteiger partial charge in [-0.25, -0.2) is 4.79 Å². The predicted octanol–water partition coefficient (Wildman–Crippen LogP) is 3.04. The zero-order valence-corrected chi connectivity index (χ0v) is 7.83. The molecule has 15 heavy (non-hydrogen) atoms. The molecule has 0 bridgehead atoms. The Hall–Kier alpha value is -1.14. The maximum Gasteiger partial charge on any atom is 0.428 e. The summed E-state index contributed by atoms with van der Waals surface area (Å²) in [5, 5.41) is 0. The zero-order valence-electron chi connectivity index (χ0n) is 7.83. The minimum absolute atomic E-state index is 0.303. The van der Waals surface area contributed by atoms with E-state index in [0.717, 1.165) is 0 Å². The molecule has 0 rings (SSSR count). The highest BCUT2D eigenvalue weighted by Gasteiger charge is 2.44. The Bertz CT molecular complexity index is 252. The number of ether oxygens (including phenoxy) is 1. The molecule has 0 aliphatic carbocycles. The molecule has 0 aromatic carbocycles. The number of hydrogen-bond acceptors (Lipinski definition) is 2. The lowest BCUT2D eigenvalue weighted by molar-refractivity contribution is -0.152. The highest BCUT2D eigenvalue weighted by atomic mass is 19.4. The van der Waals surface area contributed by atoms with E-state index in [1.165, 1.54) is 0 Å². The van der Waals surface area contributed by atoms with E-state index < -0.39 is 23.8 Å². The normalized spacial score (nSPS) is 11.1. The van der Waals surface area contributed by atoms with Crippen molar-refractivity contribution >= 4 is 5.97 Å². The molecule has 0 heterocycles. The highest BCUT2D eigenvalue weighted by Crippen LogP contribution is 2.30. The predicted molar refractivity (Wildman–Crippen MR) is 41.2 cm³/mol.